The highest BCUT2D eigenvalue weighted by Crippen LogP contribution is 2.25. The summed E-state index contributed by atoms with van der Waals surface area (Å²) in [7, 11) is 0. The normalized spacial score (nSPS) is 18.1. The minimum Gasteiger partial charge on any atom is -0.379 e. The first-order chi connectivity index (χ1) is 11.7. The fourth-order valence-electron chi connectivity index (χ4n) is 3.02. The number of nitrogens with zero attached hydrogens (tertiary/aromatic N) is 1. The van der Waals surface area contributed by atoms with Crippen molar-refractivity contribution in [2.24, 2.45) is 5.73 Å². The summed E-state index contributed by atoms with van der Waals surface area (Å²) in [5.41, 5.74) is 6.19. The molecule has 1 fully saturated rings. The molecule has 2 rings (SSSR count). The third kappa shape index (κ3) is 5.00. The number of unbranched alkanes of at least 4 members (excludes halogenated alkanes) is 1. The minimum absolute atomic E-state index is 0.0761. The number of nitrogens with two attached hydrogens (primary N) is 1. The molecule has 6 heteroatoms. The smallest absolute Gasteiger partial charge is 0.242 e. The van der Waals surface area contributed by atoms with E-state index >= 15 is 0 Å². The second kappa shape index (κ2) is 9.71. The van der Waals surface area contributed by atoms with Crippen LogP contribution in [0, 0.1) is 5.82 Å². The number of rotatable bonds is 8. The van der Waals surface area contributed by atoms with Crippen LogP contribution in [0.2, 0.25) is 0 Å². The van der Waals surface area contributed by atoms with Gasteiger partial charge in [-0.1, -0.05) is 38.0 Å². The molecule has 0 radical (unpaired) electrons. The Morgan fingerprint density at radius 3 is 2.71 bits per heavy atom. The van der Waals surface area contributed by atoms with Gasteiger partial charge >= 0.3 is 0 Å². The molecule has 1 aromatic rings. The maximum Gasteiger partial charge on any atom is 0.242 e. The zero-order valence-corrected chi connectivity index (χ0v) is 14.3. The van der Waals surface area contributed by atoms with Gasteiger partial charge in [-0.15, -0.1) is 0 Å². The summed E-state index contributed by atoms with van der Waals surface area (Å²) in [6.45, 7) is 4.80. The molecule has 1 saturated heterocycles. The van der Waals surface area contributed by atoms with Crippen LogP contribution >= 0.6 is 0 Å². The molecule has 0 spiro atoms. The van der Waals surface area contributed by atoms with Crippen LogP contribution < -0.4 is 11.1 Å². The van der Waals surface area contributed by atoms with E-state index in [0.29, 0.717) is 38.4 Å². The molecule has 1 aliphatic rings. The van der Waals surface area contributed by atoms with Crippen molar-refractivity contribution in [1.29, 1.82) is 0 Å². The molecule has 1 aliphatic heterocycles. The number of benzene rings is 1. The van der Waals surface area contributed by atoms with E-state index in [1.165, 1.54) is 6.07 Å². The van der Waals surface area contributed by atoms with Gasteiger partial charge in [-0.2, -0.15) is 0 Å². The van der Waals surface area contributed by atoms with E-state index in [1.54, 1.807) is 18.2 Å². The standard InChI is InChI=1S/C18H28FN3O2/c1-2-3-6-14(13-20)21-18(23)17(22-9-11-24-12-10-22)15-7-4-5-8-16(15)19/h4-5,7-8,14,17H,2-3,6,9-13,20H2,1H3,(H,21,23). The zero-order chi connectivity index (χ0) is 17.4. The SMILES string of the molecule is CCCCC(CN)NC(=O)C(c1ccccc1F)N1CCOCC1. The molecule has 2 atom stereocenters. The van der Waals surface area contributed by atoms with E-state index in [9.17, 15) is 9.18 Å². The van der Waals surface area contributed by atoms with Gasteiger partial charge in [0.2, 0.25) is 5.91 Å². The number of halogens is 1. The highest BCUT2D eigenvalue weighted by molar-refractivity contribution is 5.83. The summed E-state index contributed by atoms with van der Waals surface area (Å²) >= 11 is 0. The number of ether oxygens (including phenoxy) is 1. The molecule has 2 unspecified atom stereocenters. The number of carbonyl (C=O) groups is 1. The number of amides is 1. The van der Waals surface area contributed by atoms with Crippen molar-refractivity contribution in [3.8, 4) is 0 Å². The molecular weight excluding hydrogens is 309 g/mol. The predicted octanol–water partition coefficient (Wildman–Crippen LogP) is 1.83. The fraction of sp³-hybridized carbons (Fsp3) is 0.611. The molecular formula is C18H28FN3O2. The Balaban J connectivity index is 2.18. The topological polar surface area (TPSA) is 67.6 Å². The average Bonchev–Trinajstić information content (AvgIpc) is 2.61. The Labute approximate surface area is 143 Å². The number of morpholine rings is 1. The lowest BCUT2D eigenvalue weighted by atomic mass is 10.0. The highest BCUT2D eigenvalue weighted by Gasteiger charge is 2.31. The maximum atomic E-state index is 14.3. The third-order valence-electron chi connectivity index (χ3n) is 4.40. The molecule has 1 aromatic carbocycles. The lowest BCUT2D eigenvalue weighted by molar-refractivity contribution is -0.129. The first-order valence-corrected chi connectivity index (χ1v) is 8.74. The third-order valence-corrected chi connectivity index (χ3v) is 4.40. The van der Waals surface area contributed by atoms with Crippen molar-refractivity contribution >= 4 is 5.91 Å². The first-order valence-electron chi connectivity index (χ1n) is 8.74. The monoisotopic (exact) mass is 337 g/mol. The second-order valence-electron chi connectivity index (χ2n) is 6.16. The van der Waals surface area contributed by atoms with Crippen LogP contribution in [0.3, 0.4) is 0 Å². The van der Waals surface area contributed by atoms with Crippen LogP contribution in [-0.2, 0) is 9.53 Å². The molecule has 0 aromatic heterocycles. The van der Waals surface area contributed by atoms with Crippen molar-refractivity contribution < 1.29 is 13.9 Å². The highest BCUT2D eigenvalue weighted by atomic mass is 19.1. The number of hydrogen-bond donors (Lipinski definition) is 2. The lowest BCUT2D eigenvalue weighted by Crippen LogP contribution is -2.49. The molecule has 0 bridgehead atoms. The van der Waals surface area contributed by atoms with Crippen molar-refractivity contribution in [2.75, 3.05) is 32.8 Å². The van der Waals surface area contributed by atoms with Crippen molar-refractivity contribution in [3.05, 3.63) is 35.6 Å². The van der Waals surface area contributed by atoms with Crippen LogP contribution in [0.25, 0.3) is 0 Å². The molecule has 134 valence electrons. The fourth-order valence-corrected chi connectivity index (χ4v) is 3.02. The summed E-state index contributed by atoms with van der Waals surface area (Å²) < 4.78 is 19.7. The van der Waals surface area contributed by atoms with Gasteiger partial charge in [0.25, 0.3) is 0 Å². The lowest BCUT2D eigenvalue weighted by Gasteiger charge is -2.34. The van der Waals surface area contributed by atoms with E-state index in [1.807, 2.05) is 4.90 Å². The molecule has 1 amide bonds. The van der Waals surface area contributed by atoms with Crippen LogP contribution in [-0.4, -0.2) is 49.7 Å². The number of carbonyl (C=O) groups excluding carboxylic acids is 1. The predicted molar refractivity (Wildman–Crippen MR) is 92.0 cm³/mol. The van der Waals surface area contributed by atoms with Gasteiger partial charge in [-0.3, -0.25) is 9.69 Å². The largest absolute Gasteiger partial charge is 0.379 e. The number of nitrogens with one attached hydrogen (secondary N) is 1. The van der Waals surface area contributed by atoms with E-state index in [-0.39, 0.29) is 17.8 Å². The van der Waals surface area contributed by atoms with E-state index < -0.39 is 6.04 Å². The Bertz CT molecular complexity index is 521. The molecule has 3 N–H and O–H groups in total. The number of hydrogen-bond acceptors (Lipinski definition) is 4. The molecule has 24 heavy (non-hydrogen) atoms. The molecule has 0 aliphatic carbocycles. The van der Waals surface area contributed by atoms with E-state index in [4.69, 9.17) is 10.5 Å². The quantitative estimate of drug-likeness (QED) is 0.759. The van der Waals surface area contributed by atoms with Crippen molar-refractivity contribution in [1.82, 2.24) is 10.2 Å². The molecule has 1 heterocycles. The molecule has 0 saturated carbocycles. The van der Waals surface area contributed by atoms with Crippen LogP contribution in [0.1, 0.15) is 37.8 Å². The van der Waals surface area contributed by atoms with Crippen molar-refractivity contribution in [3.63, 3.8) is 0 Å². The second-order valence-corrected chi connectivity index (χ2v) is 6.16. The van der Waals surface area contributed by atoms with Crippen molar-refractivity contribution in [2.45, 2.75) is 38.3 Å². The van der Waals surface area contributed by atoms with Gasteiger partial charge in [0.1, 0.15) is 11.9 Å². The van der Waals surface area contributed by atoms with Gasteiger partial charge in [-0.25, -0.2) is 4.39 Å². The Morgan fingerprint density at radius 1 is 1.38 bits per heavy atom. The summed E-state index contributed by atoms with van der Waals surface area (Å²) in [5, 5.41) is 3.01. The summed E-state index contributed by atoms with van der Waals surface area (Å²) in [6, 6.07) is 5.75. The Kier molecular flexibility index (Phi) is 7.62. The Morgan fingerprint density at radius 2 is 2.08 bits per heavy atom. The summed E-state index contributed by atoms with van der Waals surface area (Å²) in [4.78, 5) is 14.9. The first kappa shape index (κ1) is 18.8. The zero-order valence-electron chi connectivity index (χ0n) is 14.3. The van der Waals surface area contributed by atoms with Gasteiger partial charge < -0.3 is 15.8 Å². The van der Waals surface area contributed by atoms with Gasteiger partial charge in [0.05, 0.1) is 13.2 Å². The molecule has 5 nitrogen and oxygen atoms in total. The van der Waals surface area contributed by atoms with E-state index in [2.05, 4.69) is 12.2 Å². The average molecular weight is 337 g/mol. The Hall–Kier alpha value is -1.50. The summed E-state index contributed by atoms with van der Waals surface area (Å²) in [6.07, 6.45) is 2.89. The maximum absolute atomic E-state index is 14.3. The van der Waals surface area contributed by atoms with E-state index in [0.717, 1.165) is 19.3 Å². The van der Waals surface area contributed by atoms with Crippen LogP contribution in [0.4, 0.5) is 4.39 Å². The van der Waals surface area contributed by atoms with Crippen LogP contribution in [0.5, 0.6) is 0 Å². The van der Waals surface area contributed by atoms with Gasteiger partial charge in [0.15, 0.2) is 0 Å². The van der Waals surface area contributed by atoms with Gasteiger partial charge in [0, 0.05) is 31.2 Å². The van der Waals surface area contributed by atoms with Crippen LogP contribution in [0.15, 0.2) is 24.3 Å². The summed E-state index contributed by atoms with van der Waals surface area (Å²) in [5.74, 6) is -0.546. The van der Waals surface area contributed by atoms with Gasteiger partial charge in [-0.05, 0) is 12.5 Å². The minimum atomic E-state index is -0.647.